The van der Waals surface area contributed by atoms with Crippen molar-refractivity contribution in [1.82, 2.24) is 4.72 Å². The van der Waals surface area contributed by atoms with Crippen LogP contribution >= 0.6 is 10.8 Å². The molecule has 0 heterocycles. The van der Waals surface area contributed by atoms with Crippen molar-refractivity contribution in [3.8, 4) is 0 Å². The molecule has 0 spiro atoms. The first-order valence-corrected chi connectivity index (χ1v) is 4.72. The Kier molecular flexibility index (Phi) is 3.45. The zero-order chi connectivity index (χ0) is 7.49. The molecule has 5 heteroatoms. The van der Waals surface area contributed by atoms with Crippen LogP contribution in [0.5, 0.6) is 0 Å². The lowest BCUT2D eigenvalue weighted by atomic mass is 10.3. The first kappa shape index (κ1) is 9.19. The molecule has 4 nitrogen and oxygen atoms in total. The van der Waals surface area contributed by atoms with Crippen LogP contribution in [0.4, 0.5) is 0 Å². The first-order valence-electron chi connectivity index (χ1n) is 2.89. The molecule has 0 aliphatic carbocycles. The summed E-state index contributed by atoms with van der Waals surface area (Å²) in [5.41, 5.74) is 0. The normalized spacial score (nSPS) is 17.4. The van der Waals surface area contributed by atoms with Gasteiger partial charge in [0.15, 0.2) is 0 Å². The van der Waals surface area contributed by atoms with Gasteiger partial charge in [0.25, 0.3) is 0 Å². The summed E-state index contributed by atoms with van der Waals surface area (Å²) < 4.78 is 2.89. The summed E-state index contributed by atoms with van der Waals surface area (Å²) in [6.45, 7) is 4.04. The van der Waals surface area contributed by atoms with Gasteiger partial charge < -0.3 is 0 Å². The molecule has 0 aromatic heterocycles. The van der Waals surface area contributed by atoms with E-state index in [1.165, 1.54) is 0 Å². The van der Waals surface area contributed by atoms with Crippen molar-refractivity contribution in [2.24, 2.45) is 15.4 Å². The summed E-state index contributed by atoms with van der Waals surface area (Å²) >= 11 is 0. The predicted octanol–water partition coefficient (Wildman–Crippen LogP) is -0.285. The largest absolute Gasteiger partial charge is 0.261 e. The SMILES string of the molecule is CCC(C)NS(N)(N)N. The third-order valence-corrected chi connectivity index (χ3v) is 1.83. The highest BCUT2D eigenvalue weighted by molar-refractivity contribution is 8.26. The highest BCUT2D eigenvalue weighted by atomic mass is 32.3. The van der Waals surface area contributed by atoms with Crippen LogP contribution in [-0.4, -0.2) is 6.04 Å². The lowest BCUT2D eigenvalue weighted by molar-refractivity contribution is 0.661. The van der Waals surface area contributed by atoms with Crippen molar-refractivity contribution in [2.75, 3.05) is 0 Å². The van der Waals surface area contributed by atoms with Crippen LogP contribution in [0.25, 0.3) is 0 Å². The average Bonchev–Trinajstić information content (AvgIpc) is 1.62. The minimum atomic E-state index is -1.99. The Hall–Kier alpha value is 0.190. The highest BCUT2D eigenvalue weighted by Gasteiger charge is 2.07. The van der Waals surface area contributed by atoms with Crippen LogP contribution in [0.2, 0.25) is 0 Å². The van der Waals surface area contributed by atoms with Crippen LogP contribution in [0, 0.1) is 0 Å². The van der Waals surface area contributed by atoms with E-state index in [9.17, 15) is 0 Å². The van der Waals surface area contributed by atoms with Crippen molar-refractivity contribution in [3.05, 3.63) is 0 Å². The van der Waals surface area contributed by atoms with E-state index in [2.05, 4.69) is 4.72 Å². The molecule has 0 aromatic carbocycles. The Morgan fingerprint density at radius 1 is 1.44 bits per heavy atom. The van der Waals surface area contributed by atoms with Gasteiger partial charge in [0.05, 0.1) is 0 Å². The molecule has 0 rings (SSSR count). The average molecular weight is 152 g/mol. The molecule has 0 radical (unpaired) electrons. The molecule has 0 fully saturated rings. The van der Waals surface area contributed by atoms with Crippen LogP contribution < -0.4 is 20.1 Å². The summed E-state index contributed by atoms with van der Waals surface area (Å²) in [5, 5.41) is 16.0. The molecule has 0 amide bonds. The Bertz CT molecular complexity index is 79.1. The minimum Gasteiger partial charge on any atom is -0.261 e. The molecule has 0 saturated heterocycles. The lowest BCUT2D eigenvalue weighted by Crippen LogP contribution is -2.44. The Morgan fingerprint density at radius 3 is 2.00 bits per heavy atom. The molecule has 1 unspecified atom stereocenters. The van der Waals surface area contributed by atoms with Crippen molar-refractivity contribution in [3.63, 3.8) is 0 Å². The van der Waals surface area contributed by atoms with Gasteiger partial charge in [0.1, 0.15) is 0 Å². The van der Waals surface area contributed by atoms with Crippen LogP contribution in [0.15, 0.2) is 0 Å². The van der Waals surface area contributed by atoms with Gasteiger partial charge >= 0.3 is 0 Å². The molecule has 58 valence electrons. The molecule has 0 saturated carbocycles. The van der Waals surface area contributed by atoms with Gasteiger partial charge in [-0.2, -0.15) is 0 Å². The van der Waals surface area contributed by atoms with E-state index in [0.717, 1.165) is 6.42 Å². The maximum atomic E-state index is 5.34. The second-order valence-corrected chi connectivity index (χ2v) is 3.95. The third kappa shape index (κ3) is 6.07. The maximum absolute atomic E-state index is 5.34. The summed E-state index contributed by atoms with van der Waals surface area (Å²) in [4.78, 5) is 0. The molecule has 1 atom stereocenters. The van der Waals surface area contributed by atoms with E-state index in [4.69, 9.17) is 15.4 Å². The summed E-state index contributed by atoms with van der Waals surface area (Å²) in [6.07, 6.45) is 0.986. The monoisotopic (exact) mass is 152 g/mol. The van der Waals surface area contributed by atoms with Crippen molar-refractivity contribution in [2.45, 2.75) is 26.3 Å². The minimum absolute atomic E-state index is 0.306. The molecular formula is C4H16N4S. The van der Waals surface area contributed by atoms with E-state index in [0.29, 0.717) is 6.04 Å². The van der Waals surface area contributed by atoms with Crippen molar-refractivity contribution < 1.29 is 0 Å². The summed E-state index contributed by atoms with van der Waals surface area (Å²) in [6, 6.07) is 0.306. The van der Waals surface area contributed by atoms with Crippen molar-refractivity contribution >= 4 is 10.8 Å². The van der Waals surface area contributed by atoms with E-state index in [1.807, 2.05) is 13.8 Å². The third-order valence-electron chi connectivity index (χ3n) is 1.02. The highest BCUT2D eigenvalue weighted by Crippen LogP contribution is 2.12. The van der Waals surface area contributed by atoms with Gasteiger partial charge in [-0.1, -0.05) is 6.92 Å². The molecule has 0 bridgehead atoms. The summed E-state index contributed by atoms with van der Waals surface area (Å²) in [7, 11) is -1.99. The van der Waals surface area contributed by atoms with Gasteiger partial charge in [-0.15, -0.1) is 0 Å². The van der Waals surface area contributed by atoms with E-state index < -0.39 is 10.8 Å². The van der Waals surface area contributed by atoms with Crippen LogP contribution in [0.1, 0.15) is 20.3 Å². The Balaban J connectivity index is 3.47. The number of hydrogen-bond donors (Lipinski definition) is 4. The zero-order valence-electron chi connectivity index (χ0n) is 5.92. The molecule has 0 aromatic rings. The summed E-state index contributed by atoms with van der Waals surface area (Å²) in [5.74, 6) is 0. The topological polar surface area (TPSA) is 90.1 Å². The Labute approximate surface area is 58.0 Å². The lowest BCUT2D eigenvalue weighted by Gasteiger charge is -2.29. The van der Waals surface area contributed by atoms with E-state index in [1.54, 1.807) is 0 Å². The predicted molar refractivity (Wildman–Crippen MR) is 43.0 cm³/mol. The molecule has 7 N–H and O–H groups in total. The van der Waals surface area contributed by atoms with E-state index >= 15 is 0 Å². The van der Waals surface area contributed by atoms with Gasteiger partial charge in [0, 0.05) is 6.04 Å². The maximum Gasteiger partial charge on any atom is 0.0159 e. The number of hydrogen-bond acceptors (Lipinski definition) is 4. The quantitative estimate of drug-likeness (QED) is 0.447. The Morgan fingerprint density at radius 2 is 1.89 bits per heavy atom. The zero-order valence-corrected chi connectivity index (χ0v) is 6.74. The smallest absolute Gasteiger partial charge is 0.0159 e. The first-order chi connectivity index (χ1) is 3.95. The van der Waals surface area contributed by atoms with Gasteiger partial charge in [0.2, 0.25) is 0 Å². The van der Waals surface area contributed by atoms with Gasteiger partial charge in [-0.25, -0.2) is 4.72 Å². The molecule has 0 aliphatic rings. The second-order valence-electron chi connectivity index (χ2n) is 2.19. The van der Waals surface area contributed by atoms with Crippen molar-refractivity contribution in [1.29, 1.82) is 0 Å². The standard InChI is InChI=1S/C4H16N4S/c1-3-4(2)8-9(5,6)7/h4,8H,3,5-7H2,1-2H3. The molecule has 0 aliphatic heterocycles. The molecule has 9 heavy (non-hydrogen) atoms. The number of nitrogens with two attached hydrogens (primary N) is 3. The molecular weight excluding hydrogens is 136 g/mol. The number of nitrogens with one attached hydrogen (secondary N) is 1. The van der Waals surface area contributed by atoms with Crippen LogP contribution in [0.3, 0.4) is 0 Å². The second kappa shape index (κ2) is 3.38. The fraction of sp³-hybridized carbons (Fsp3) is 1.00. The van der Waals surface area contributed by atoms with Gasteiger partial charge in [-0.05, 0) is 24.1 Å². The van der Waals surface area contributed by atoms with Crippen LogP contribution in [-0.2, 0) is 0 Å². The fourth-order valence-electron chi connectivity index (χ4n) is 0.432. The van der Waals surface area contributed by atoms with Gasteiger partial charge in [-0.3, -0.25) is 15.4 Å². The fourth-order valence-corrected chi connectivity index (χ4v) is 1.30. The van der Waals surface area contributed by atoms with E-state index in [-0.39, 0.29) is 0 Å². The number of rotatable bonds is 3.